The van der Waals surface area contributed by atoms with E-state index < -0.39 is 6.10 Å². The SMILES string of the molecule is CCCn1nccc1C(O)CCc1cccnc1. The molecule has 1 unspecified atom stereocenters. The van der Waals surface area contributed by atoms with Gasteiger partial charge >= 0.3 is 0 Å². The van der Waals surface area contributed by atoms with E-state index in [1.54, 1.807) is 12.4 Å². The highest BCUT2D eigenvalue weighted by Crippen LogP contribution is 2.18. The second-order valence-corrected chi connectivity index (χ2v) is 4.39. The number of rotatable bonds is 6. The highest BCUT2D eigenvalue weighted by molar-refractivity contribution is 5.10. The van der Waals surface area contributed by atoms with Gasteiger partial charge in [0.05, 0.1) is 11.8 Å². The summed E-state index contributed by atoms with van der Waals surface area (Å²) in [5, 5.41) is 14.4. The zero-order valence-corrected chi connectivity index (χ0v) is 10.7. The summed E-state index contributed by atoms with van der Waals surface area (Å²) < 4.78 is 1.88. The molecule has 18 heavy (non-hydrogen) atoms. The second-order valence-electron chi connectivity index (χ2n) is 4.39. The van der Waals surface area contributed by atoms with Crippen LogP contribution >= 0.6 is 0 Å². The monoisotopic (exact) mass is 245 g/mol. The van der Waals surface area contributed by atoms with Crippen molar-refractivity contribution < 1.29 is 5.11 Å². The lowest BCUT2D eigenvalue weighted by atomic mass is 10.1. The van der Waals surface area contributed by atoms with E-state index >= 15 is 0 Å². The van der Waals surface area contributed by atoms with Crippen molar-refractivity contribution >= 4 is 0 Å². The van der Waals surface area contributed by atoms with Crippen LogP contribution in [0, 0.1) is 0 Å². The average molecular weight is 245 g/mol. The predicted octanol–water partition coefficient (Wildman–Crippen LogP) is 2.35. The Morgan fingerprint density at radius 1 is 1.33 bits per heavy atom. The van der Waals surface area contributed by atoms with Gasteiger partial charge in [0.15, 0.2) is 0 Å². The molecule has 1 N–H and O–H groups in total. The Morgan fingerprint density at radius 2 is 2.22 bits per heavy atom. The Balaban J connectivity index is 1.95. The summed E-state index contributed by atoms with van der Waals surface area (Å²) in [7, 11) is 0. The molecule has 0 bridgehead atoms. The van der Waals surface area contributed by atoms with Crippen LogP contribution in [0.3, 0.4) is 0 Å². The molecule has 0 aromatic carbocycles. The minimum absolute atomic E-state index is 0.459. The van der Waals surface area contributed by atoms with Crippen LogP contribution in [0.2, 0.25) is 0 Å². The van der Waals surface area contributed by atoms with Crippen LogP contribution < -0.4 is 0 Å². The summed E-state index contributed by atoms with van der Waals surface area (Å²) in [5.41, 5.74) is 2.05. The normalized spacial score (nSPS) is 12.6. The van der Waals surface area contributed by atoms with Crippen LogP contribution in [0.5, 0.6) is 0 Å². The summed E-state index contributed by atoms with van der Waals surface area (Å²) in [4.78, 5) is 4.07. The van der Waals surface area contributed by atoms with Crippen molar-refractivity contribution in [3.63, 3.8) is 0 Å². The predicted molar refractivity (Wildman–Crippen MR) is 70.0 cm³/mol. The fourth-order valence-electron chi connectivity index (χ4n) is 2.02. The van der Waals surface area contributed by atoms with Crippen LogP contribution in [-0.4, -0.2) is 19.9 Å². The number of aliphatic hydroxyl groups is 1. The van der Waals surface area contributed by atoms with E-state index in [1.165, 1.54) is 0 Å². The van der Waals surface area contributed by atoms with E-state index in [1.807, 2.05) is 29.1 Å². The van der Waals surface area contributed by atoms with E-state index in [4.69, 9.17) is 0 Å². The highest BCUT2D eigenvalue weighted by Gasteiger charge is 2.12. The smallest absolute Gasteiger partial charge is 0.0959 e. The lowest BCUT2D eigenvalue weighted by Crippen LogP contribution is -2.09. The molecular formula is C14H19N3O. The fraction of sp³-hybridized carbons (Fsp3) is 0.429. The molecule has 2 aromatic rings. The summed E-state index contributed by atoms with van der Waals surface area (Å²) in [6.07, 6.45) is 7.43. The molecule has 2 heterocycles. The third-order valence-electron chi connectivity index (χ3n) is 2.96. The molecule has 0 radical (unpaired) electrons. The Labute approximate surface area is 107 Å². The van der Waals surface area contributed by atoms with Gasteiger partial charge in [-0.2, -0.15) is 5.10 Å². The van der Waals surface area contributed by atoms with Crippen LogP contribution in [-0.2, 0) is 13.0 Å². The standard InChI is InChI=1S/C14H19N3O/c1-2-10-17-13(7-9-16-17)14(18)6-5-12-4-3-8-15-11-12/h3-4,7-9,11,14,18H,2,5-6,10H2,1H3. The fourth-order valence-corrected chi connectivity index (χ4v) is 2.02. The quantitative estimate of drug-likeness (QED) is 0.850. The number of pyridine rings is 1. The first-order valence-corrected chi connectivity index (χ1v) is 6.40. The second kappa shape index (κ2) is 6.31. The Morgan fingerprint density at radius 3 is 2.94 bits per heavy atom. The molecule has 0 amide bonds. The van der Waals surface area contributed by atoms with Crippen molar-refractivity contribution in [3.05, 3.63) is 48.0 Å². The summed E-state index contributed by atoms with van der Waals surface area (Å²) in [5.74, 6) is 0. The van der Waals surface area contributed by atoms with Crippen LogP contribution in [0.25, 0.3) is 0 Å². The number of nitrogens with zero attached hydrogens (tertiary/aromatic N) is 3. The topological polar surface area (TPSA) is 50.9 Å². The van der Waals surface area contributed by atoms with Gasteiger partial charge in [-0.25, -0.2) is 0 Å². The molecule has 96 valence electrons. The van der Waals surface area contributed by atoms with E-state index in [0.29, 0.717) is 6.42 Å². The molecule has 0 spiro atoms. The maximum Gasteiger partial charge on any atom is 0.0959 e. The Kier molecular flexibility index (Phi) is 4.47. The molecule has 0 aliphatic heterocycles. The molecule has 0 saturated heterocycles. The van der Waals surface area contributed by atoms with E-state index in [0.717, 1.165) is 30.6 Å². The summed E-state index contributed by atoms with van der Waals surface area (Å²) in [6, 6.07) is 5.84. The van der Waals surface area contributed by atoms with Crippen molar-refractivity contribution in [3.8, 4) is 0 Å². The van der Waals surface area contributed by atoms with Gasteiger partial charge in [-0.1, -0.05) is 13.0 Å². The maximum absolute atomic E-state index is 10.2. The van der Waals surface area contributed by atoms with Crippen molar-refractivity contribution in [2.75, 3.05) is 0 Å². The third kappa shape index (κ3) is 3.17. The van der Waals surface area contributed by atoms with Crippen molar-refractivity contribution in [1.82, 2.24) is 14.8 Å². The van der Waals surface area contributed by atoms with Crippen molar-refractivity contribution in [1.29, 1.82) is 0 Å². The number of hydrogen-bond acceptors (Lipinski definition) is 3. The molecule has 0 aliphatic rings. The molecule has 1 atom stereocenters. The lowest BCUT2D eigenvalue weighted by Gasteiger charge is -2.12. The summed E-state index contributed by atoms with van der Waals surface area (Å²) in [6.45, 7) is 2.96. The minimum Gasteiger partial charge on any atom is -0.387 e. The first-order valence-electron chi connectivity index (χ1n) is 6.40. The highest BCUT2D eigenvalue weighted by atomic mass is 16.3. The number of aryl methyl sites for hydroxylation is 2. The van der Waals surface area contributed by atoms with Gasteiger partial charge in [-0.05, 0) is 37.0 Å². The molecule has 0 aliphatic carbocycles. The third-order valence-corrected chi connectivity index (χ3v) is 2.96. The average Bonchev–Trinajstić information content (AvgIpc) is 2.86. The van der Waals surface area contributed by atoms with Gasteiger partial charge in [0.2, 0.25) is 0 Å². The number of aliphatic hydroxyl groups excluding tert-OH is 1. The Bertz CT molecular complexity index is 467. The van der Waals surface area contributed by atoms with Gasteiger partial charge in [0.1, 0.15) is 0 Å². The van der Waals surface area contributed by atoms with E-state index in [9.17, 15) is 5.11 Å². The van der Waals surface area contributed by atoms with Crippen LogP contribution in [0.4, 0.5) is 0 Å². The minimum atomic E-state index is -0.459. The molecule has 4 nitrogen and oxygen atoms in total. The van der Waals surface area contributed by atoms with Gasteiger partial charge in [-0.15, -0.1) is 0 Å². The molecule has 2 rings (SSSR count). The van der Waals surface area contributed by atoms with Gasteiger partial charge in [-0.3, -0.25) is 9.67 Å². The Hall–Kier alpha value is -1.68. The van der Waals surface area contributed by atoms with E-state index in [2.05, 4.69) is 17.0 Å². The van der Waals surface area contributed by atoms with E-state index in [-0.39, 0.29) is 0 Å². The zero-order chi connectivity index (χ0) is 12.8. The molecule has 4 heteroatoms. The summed E-state index contributed by atoms with van der Waals surface area (Å²) >= 11 is 0. The van der Waals surface area contributed by atoms with Crippen molar-refractivity contribution in [2.24, 2.45) is 0 Å². The molecular weight excluding hydrogens is 226 g/mol. The molecule has 0 fully saturated rings. The maximum atomic E-state index is 10.2. The van der Waals surface area contributed by atoms with Gasteiger partial charge < -0.3 is 5.11 Å². The zero-order valence-electron chi connectivity index (χ0n) is 10.7. The lowest BCUT2D eigenvalue weighted by molar-refractivity contribution is 0.156. The number of aromatic nitrogens is 3. The molecule has 2 aromatic heterocycles. The first kappa shape index (κ1) is 12.8. The molecule has 0 saturated carbocycles. The van der Waals surface area contributed by atoms with Crippen LogP contribution in [0.15, 0.2) is 36.8 Å². The van der Waals surface area contributed by atoms with Crippen molar-refractivity contribution in [2.45, 2.75) is 38.8 Å². The van der Waals surface area contributed by atoms with Gasteiger partial charge in [0.25, 0.3) is 0 Å². The van der Waals surface area contributed by atoms with Gasteiger partial charge in [0, 0.05) is 25.1 Å². The largest absolute Gasteiger partial charge is 0.387 e. The van der Waals surface area contributed by atoms with Crippen LogP contribution in [0.1, 0.15) is 37.1 Å². The first-order chi connectivity index (χ1) is 8.81. The number of hydrogen-bond donors (Lipinski definition) is 1.